The first kappa shape index (κ1) is 10.9. The van der Waals surface area contributed by atoms with Crippen LogP contribution in [0.15, 0.2) is 30.3 Å². The van der Waals surface area contributed by atoms with Crippen molar-refractivity contribution in [1.82, 2.24) is 0 Å². The van der Waals surface area contributed by atoms with Gasteiger partial charge in [0.05, 0.1) is 6.04 Å². The van der Waals surface area contributed by atoms with Gasteiger partial charge in [-0.05, 0) is 12.0 Å². The summed E-state index contributed by atoms with van der Waals surface area (Å²) in [5.41, 5.74) is 6.77. The van der Waals surface area contributed by atoms with Crippen LogP contribution in [0.5, 0.6) is 0 Å². The Balaban J connectivity index is 2.49. The molecular weight excluding hydrogens is 174 g/mol. The van der Waals surface area contributed by atoms with Gasteiger partial charge in [-0.25, -0.2) is 0 Å². The van der Waals surface area contributed by atoms with Crippen molar-refractivity contribution in [2.45, 2.75) is 32.2 Å². The summed E-state index contributed by atoms with van der Waals surface area (Å²) in [7, 11) is 0. The molecule has 0 amide bonds. The van der Waals surface area contributed by atoms with Gasteiger partial charge >= 0.3 is 0 Å². The van der Waals surface area contributed by atoms with Crippen molar-refractivity contribution in [3.63, 3.8) is 0 Å². The SMILES string of the molecule is CCCC(N)C(=O)Cc1ccccc1. The van der Waals surface area contributed by atoms with E-state index in [1.165, 1.54) is 0 Å². The molecule has 1 rings (SSSR count). The quantitative estimate of drug-likeness (QED) is 0.772. The highest BCUT2D eigenvalue weighted by molar-refractivity contribution is 5.85. The van der Waals surface area contributed by atoms with Crippen LogP contribution in [0.2, 0.25) is 0 Å². The summed E-state index contributed by atoms with van der Waals surface area (Å²) in [5.74, 6) is 0.137. The van der Waals surface area contributed by atoms with E-state index in [1.54, 1.807) is 0 Å². The molecule has 0 radical (unpaired) electrons. The highest BCUT2D eigenvalue weighted by Crippen LogP contribution is 2.03. The van der Waals surface area contributed by atoms with Gasteiger partial charge in [0.25, 0.3) is 0 Å². The van der Waals surface area contributed by atoms with Gasteiger partial charge in [-0.15, -0.1) is 0 Å². The van der Waals surface area contributed by atoms with Crippen LogP contribution in [-0.2, 0) is 11.2 Å². The summed E-state index contributed by atoms with van der Waals surface area (Å²) in [4.78, 5) is 11.6. The molecule has 0 aliphatic rings. The van der Waals surface area contributed by atoms with Gasteiger partial charge in [-0.2, -0.15) is 0 Å². The van der Waals surface area contributed by atoms with Gasteiger partial charge in [-0.3, -0.25) is 4.79 Å². The van der Waals surface area contributed by atoms with Crippen LogP contribution in [0.3, 0.4) is 0 Å². The fourth-order valence-corrected chi connectivity index (χ4v) is 1.40. The van der Waals surface area contributed by atoms with Crippen molar-refractivity contribution in [2.75, 3.05) is 0 Å². The zero-order chi connectivity index (χ0) is 10.4. The van der Waals surface area contributed by atoms with Crippen molar-refractivity contribution >= 4 is 5.78 Å². The molecule has 1 atom stereocenters. The summed E-state index contributed by atoms with van der Waals surface area (Å²) in [6.07, 6.45) is 2.20. The van der Waals surface area contributed by atoms with Crippen molar-refractivity contribution in [3.8, 4) is 0 Å². The highest BCUT2D eigenvalue weighted by atomic mass is 16.1. The summed E-state index contributed by atoms with van der Waals surface area (Å²) >= 11 is 0. The fourth-order valence-electron chi connectivity index (χ4n) is 1.40. The zero-order valence-electron chi connectivity index (χ0n) is 8.57. The lowest BCUT2D eigenvalue weighted by Gasteiger charge is -2.08. The lowest BCUT2D eigenvalue weighted by Crippen LogP contribution is -2.31. The molecule has 1 unspecified atom stereocenters. The first-order valence-corrected chi connectivity index (χ1v) is 5.06. The molecule has 1 aromatic carbocycles. The Morgan fingerprint density at radius 2 is 2.00 bits per heavy atom. The van der Waals surface area contributed by atoms with E-state index in [0.29, 0.717) is 6.42 Å². The molecule has 76 valence electrons. The predicted octanol–water partition coefficient (Wildman–Crippen LogP) is 1.93. The minimum atomic E-state index is -0.291. The van der Waals surface area contributed by atoms with Crippen LogP contribution in [0.4, 0.5) is 0 Å². The lowest BCUT2D eigenvalue weighted by molar-refractivity contribution is -0.119. The molecule has 0 aliphatic heterocycles. The third kappa shape index (κ3) is 3.30. The Labute approximate surface area is 85.1 Å². The maximum absolute atomic E-state index is 11.6. The minimum absolute atomic E-state index is 0.137. The summed E-state index contributed by atoms with van der Waals surface area (Å²) < 4.78 is 0. The summed E-state index contributed by atoms with van der Waals surface area (Å²) in [6, 6.07) is 9.44. The molecule has 14 heavy (non-hydrogen) atoms. The number of carbonyl (C=O) groups is 1. The van der Waals surface area contributed by atoms with E-state index in [1.807, 2.05) is 37.3 Å². The van der Waals surface area contributed by atoms with E-state index >= 15 is 0 Å². The van der Waals surface area contributed by atoms with Crippen molar-refractivity contribution in [3.05, 3.63) is 35.9 Å². The van der Waals surface area contributed by atoms with Crippen LogP contribution in [0.1, 0.15) is 25.3 Å². The van der Waals surface area contributed by atoms with Gasteiger partial charge in [0.15, 0.2) is 5.78 Å². The third-order valence-electron chi connectivity index (χ3n) is 2.23. The first-order valence-electron chi connectivity index (χ1n) is 5.06. The maximum atomic E-state index is 11.6. The lowest BCUT2D eigenvalue weighted by atomic mass is 10.0. The molecule has 0 fully saturated rings. The molecule has 2 heteroatoms. The van der Waals surface area contributed by atoms with Crippen molar-refractivity contribution in [1.29, 1.82) is 0 Å². The molecule has 0 bridgehead atoms. The largest absolute Gasteiger partial charge is 0.321 e. The topological polar surface area (TPSA) is 43.1 Å². The van der Waals surface area contributed by atoms with Crippen LogP contribution in [0, 0.1) is 0 Å². The Morgan fingerprint density at radius 1 is 1.36 bits per heavy atom. The molecular formula is C12H17NO. The number of nitrogens with two attached hydrogens (primary N) is 1. The van der Waals surface area contributed by atoms with Crippen molar-refractivity contribution in [2.24, 2.45) is 5.73 Å². The minimum Gasteiger partial charge on any atom is -0.321 e. The second-order valence-electron chi connectivity index (χ2n) is 3.52. The van der Waals surface area contributed by atoms with Crippen LogP contribution in [0.25, 0.3) is 0 Å². The molecule has 0 saturated carbocycles. The highest BCUT2D eigenvalue weighted by Gasteiger charge is 2.12. The number of carbonyl (C=O) groups excluding carboxylic acids is 1. The number of hydrogen-bond donors (Lipinski definition) is 1. The maximum Gasteiger partial charge on any atom is 0.153 e. The summed E-state index contributed by atoms with van der Waals surface area (Å²) in [5, 5.41) is 0. The van der Waals surface area contributed by atoms with E-state index in [4.69, 9.17) is 5.73 Å². The fraction of sp³-hybridized carbons (Fsp3) is 0.417. The smallest absolute Gasteiger partial charge is 0.153 e. The molecule has 0 heterocycles. The van der Waals surface area contributed by atoms with Gasteiger partial charge in [0, 0.05) is 6.42 Å². The van der Waals surface area contributed by atoms with Gasteiger partial charge in [0.1, 0.15) is 0 Å². The average molecular weight is 191 g/mol. The predicted molar refractivity (Wildman–Crippen MR) is 58.0 cm³/mol. The second-order valence-corrected chi connectivity index (χ2v) is 3.52. The number of benzene rings is 1. The summed E-state index contributed by atoms with van der Waals surface area (Å²) in [6.45, 7) is 2.04. The first-order chi connectivity index (χ1) is 6.74. The molecule has 0 aromatic heterocycles. The molecule has 2 N–H and O–H groups in total. The number of hydrogen-bond acceptors (Lipinski definition) is 2. The van der Waals surface area contributed by atoms with Gasteiger partial charge < -0.3 is 5.73 Å². The van der Waals surface area contributed by atoms with E-state index < -0.39 is 0 Å². The Kier molecular flexibility index (Phi) is 4.33. The molecule has 0 aliphatic carbocycles. The zero-order valence-corrected chi connectivity index (χ0v) is 8.57. The Bertz CT molecular complexity index is 282. The average Bonchev–Trinajstić information content (AvgIpc) is 2.19. The van der Waals surface area contributed by atoms with Crippen LogP contribution >= 0.6 is 0 Å². The van der Waals surface area contributed by atoms with E-state index in [-0.39, 0.29) is 11.8 Å². The molecule has 2 nitrogen and oxygen atoms in total. The molecule has 0 saturated heterocycles. The second kappa shape index (κ2) is 5.55. The number of ketones is 1. The van der Waals surface area contributed by atoms with E-state index in [0.717, 1.165) is 18.4 Å². The Hall–Kier alpha value is -1.15. The standard InChI is InChI=1S/C12H17NO/c1-2-6-11(13)12(14)9-10-7-4-3-5-8-10/h3-5,7-8,11H,2,6,9,13H2,1H3. The third-order valence-corrected chi connectivity index (χ3v) is 2.23. The number of Topliss-reactive ketones (excluding diaryl/α,β-unsaturated/α-hetero) is 1. The van der Waals surface area contributed by atoms with Crippen LogP contribution < -0.4 is 5.73 Å². The number of rotatable bonds is 5. The van der Waals surface area contributed by atoms with E-state index in [2.05, 4.69) is 0 Å². The van der Waals surface area contributed by atoms with Gasteiger partial charge in [0.2, 0.25) is 0 Å². The normalized spacial score (nSPS) is 12.4. The van der Waals surface area contributed by atoms with Gasteiger partial charge in [-0.1, -0.05) is 43.7 Å². The molecule has 1 aromatic rings. The molecule has 0 spiro atoms. The Morgan fingerprint density at radius 3 is 2.57 bits per heavy atom. The van der Waals surface area contributed by atoms with E-state index in [9.17, 15) is 4.79 Å². The van der Waals surface area contributed by atoms with Crippen LogP contribution in [-0.4, -0.2) is 11.8 Å². The monoisotopic (exact) mass is 191 g/mol. The van der Waals surface area contributed by atoms with Crippen molar-refractivity contribution < 1.29 is 4.79 Å².